The summed E-state index contributed by atoms with van der Waals surface area (Å²) in [5, 5.41) is 2.91. The number of hydrogen-bond donors (Lipinski definition) is 1. The molecule has 21 heavy (non-hydrogen) atoms. The van der Waals surface area contributed by atoms with Crippen LogP contribution in [0.25, 0.3) is 0 Å². The Kier molecular flexibility index (Phi) is 4.90. The van der Waals surface area contributed by atoms with Crippen molar-refractivity contribution < 1.29 is 14.3 Å². The quantitative estimate of drug-likeness (QED) is 0.696. The van der Waals surface area contributed by atoms with Crippen molar-refractivity contribution in [1.82, 2.24) is 4.98 Å². The van der Waals surface area contributed by atoms with Crippen molar-refractivity contribution >= 4 is 29.2 Å². The predicted molar refractivity (Wildman–Crippen MR) is 79.3 cm³/mol. The molecule has 1 heterocycles. The van der Waals surface area contributed by atoms with Gasteiger partial charge in [0.2, 0.25) is 0 Å². The van der Waals surface area contributed by atoms with Crippen LogP contribution in [0.4, 0.5) is 5.69 Å². The summed E-state index contributed by atoms with van der Waals surface area (Å²) in [4.78, 5) is 27.1. The maximum Gasteiger partial charge on any atom is 0.340 e. The van der Waals surface area contributed by atoms with E-state index in [0.717, 1.165) is 5.56 Å². The molecule has 0 aliphatic carbocycles. The Bertz CT molecular complexity index is 639. The van der Waals surface area contributed by atoms with Gasteiger partial charge in [0.05, 0.1) is 5.56 Å². The van der Waals surface area contributed by atoms with E-state index < -0.39 is 11.9 Å². The Morgan fingerprint density at radius 3 is 2.52 bits per heavy atom. The fourth-order valence-electron chi connectivity index (χ4n) is 1.54. The first-order valence-electron chi connectivity index (χ1n) is 6.20. The smallest absolute Gasteiger partial charge is 0.340 e. The van der Waals surface area contributed by atoms with Gasteiger partial charge in [0.25, 0.3) is 5.91 Å². The van der Waals surface area contributed by atoms with Gasteiger partial charge in [-0.15, -0.1) is 0 Å². The fraction of sp³-hybridized carbons (Fsp3) is 0.133. The molecule has 0 spiro atoms. The lowest BCUT2D eigenvalue weighted by atomic mass is 10.2. The molecule has 1 N–H and O–H groups in total. The molecule has 0 unspecified atom stereocenters. The maximum atomic E-state index is 11.7. The molecule has 2 rings (SSSR count). The average molecular weight is 305 g/mol. The van der Waals surface area contributed by atoms with E-state index in [1.165, 1.54) is 18.3 Å². The third-order valence-electron chi connectivity index (χ3n) is 2.63. The maximum absolute atomic E-state index is 11.7. The Morgan fingerprint density at radius 1 is 1.19 bits per heavy atom. The van der Waals surface area contributed by atoms with Gasteiger partial charge in [-0.05, 0) is 31.2 Å². The van der Waals surface area contributed by atoms with E-state index >= 15 is 0 Å². The first kappa shape index (κ1) is 15.0. The zero-order valence-electron chi connectivity index (χ0n) is 11.3. The minimum Gasteiger partial charge on any atom is -0.452 e. The molecule has 0 saturated carbocycles. The van der Waals surface area contributed by atoms with Crippen LogP contribution < -0.4 is 5.32 Å². The summed E-state index contributed by atoms with van der Waals surface area (Å²) in [5.74, 6) is -1.03. The van der Waals surface area contributed by atoms with E-state index in [-0.39, 0.29) is 17.3 Å². The first-order valence-corrected chi connectivity index (χ1v) is 6.57. The highest BCUT2D eigenvalue weighted by Crippen LogP contribution is 2.09. The van der Waals surface area contributed by atoms with Crippen molar-refractivity contribution in [3.05, 3.63) is 58.9 Å². The fourth-order valence-corrected chi connectivity index (χ4v) is 1.66. The van der Waals surface area contributed by atoms with Crippen LogP contribution >= 0.6 is 11.6 Å². The number of amides is 1. The minimum atomic E-state index is -0.627. The number of anilines is 1. The van der Waals surface area contributed by atoms with Crippen LogP contribution in [0.2, 0.25) is 5.15 Å². The molecule has 1 amide bonds. The molecular formula is C15H13ClN2O3. The van der Waals surface area contributed by atoms with Gasteiger partial charge in [-0.3, -0.25) is 4.79 Å². The highest BCUT2D eigenvalue weighted by molar-refractivity contribution is 6.29. The second-order valence-corrected chi connectivity index (χ2v) is 4.75. The van der Waals surface area contributed by atoms with Gasteiger partial charge < -0.3 is 10.1 Å². The van der Waals surface area contributed by atoms with E-state index in [9.17, 15) is 9.59 Å². The van der Waals surface area contributed by atoms with E-state index in [1.807, 2.05) is 19.1 Å². The van der Waals surface area contributed by atoms with E-state index in [4.69, 9.17) is 16.3 Å². The van der Waals surface area contributed by atoms with E-state index in [0.29, 0.717) is 5.69 Å². The molecule has 2 aromatic rings. The lowest BCUT2D eigenvalue weighted by molar-refractivity contribution is -0.119. The molecule has 1 aromatic carbocycles. The van der Waals surface area contributed by atoms with Crippen LogP contribution in [0.1, 0.15) is 15.9 Å². The number of carbonyl (C=O) groups excluding carboxylic acids is 2. The van der Waals surface area contributed by atoms with Crippen LogP contribution in [0, 0.1) is 6.92 Å². The summed E-state index contributed by atoms with van der Waals surface area (Å²) in [6.07, 6.45) is 1.29. The normalized spacial score (nSPS) is 10.0. The summed E-state index contributed by atoms with van der Waals surface area (Å²) in [7, 11) is 0. The SMILES string of the molecule is Cc1ccc(NC(=O)COC(=O)c2ccc(Cl)nc2)cc1. The predicted octanol–water partition coefficient (Wildman–Crippen LogP) is 2.84. The summed E-state index contributed by atoms with van der Waals surface area (Å²) >= 11 is 5.62. The number of aromatic nitrogens is 1. The standard InChI is InChI=1S/C15H13ClN2O3/c1-10-2-5-12(6-3-10)18-14(19)9-21-15(20)11-4-7-13(16)17-8-11/h2-8H,9H2,1H3,(H,18,19). The highest BCUT2D eigenvalue weighted by atomic mass is 35.5. The van der Waals surface area contributed by atoms with Crippen molar-refractivity contribution in [2.24, 2.45) is 0 Å². The zero-order valence-corrected chi connectivity index (χ0v) is 12.1. The molecule has 0 atom stereocenters. The Balaban J connectivity index is 1.84. The Hall–Kier alpha value is -2.40. The van der Waals surface area contributed by atoms with Crippen LogP contribution in [0.5, 0.6) is 0 Å². The molecular weight excluding hydrogens is 292 g/mol. The number of rotatable bonds is 4. The van der Waals surface area contributed by atoms with Crippen LogP contribution in [0.3, 0.4) is 0 Å². The Labute approximate surface area is 126 Å². The molecule has 5 nitrogen and oxygen atoms in total. The molecule has 1 aromatic heterocycles. The molecule has 0 radical (unpaired) electrons. The second kappa shape index (κ2) is 6.85. The molecule has 0 aliphatic rings. The van der Waals surface area contributed by atoms with Gasteiger partial charge in [-0.1, -0.05) is 29.3 Å². The number of benzene rings is 1. The number of aryl methyl sites for hydroxylation is 1. The lowest BCUT2D eigenvalue weighted by Crippen LogP contribution is -2.20. The molecule has 0 fully saturated rings. The average Bonchev–Trinajstić information content (AvgIpc) is 2.48. The summed E-state index contributed by atoms with van der Waals surface area (Å²) in [5.41, 5.74) is 1.98. The minimum absolute atomic E-state index is 0.238. The molecule has 0 aliphatic heterocycles. The van der Waals surface area contributed by atoms with Gasteiger partial charge >= 0.3 is 5.97 Å². The third kappa shape index (κ3) is 4.57. The summed E-state index contributed by atoms with van der Waals surface area (Å²) < 4.78 is 4.89. The van der Waals surface area contributed by atoms with Crippen molar-refractivity contribution in [3.8, 4) is 0 Å². The monoisotopic (exact) mass is 304 g/mol. The first-order chi connectivity index (χ1) is 10.0. The van der Waals surface area contributed by atoms with Gasteiger partial charge in [0.15, 0.2) is 6.61 Å². The second-order valence-electron chi connectivity index (χ2n) is 4.36. The zero-order chi connectivity index (χ0) is 15.2. The van der Waals surface area contributed by atoms with Gasteiger partial charge in [-0.25, -0.2) is 9.78 Å². The number of carbonyl (C=O) groups is 2. The summed E-state index contributed by atoms with van der Waals surface area (Å²) in [6, 6.07) is 10.3. The number of hydrogen-bond acceptors (Lipinski definition) is 4. The van der Waals surface area contributed by atoms with E-state index in [2.05, 4.69) is 10.3 Å². The molecule has 6 heteroatoms. The van der Waals surface area contributed by atoms with Crippen LogP contribution in [0.15, 0.2) is 42.6 Å². The molecule has 0 bridgehead atoms. The van der Waals surface area contributed by atoms with E-state index in [1.54, 1.807) is 12.1 Å². The molecule has 0 saturated heterocycles. The largest absolute Gasteiger partial charge is 0.452 e. The number of nitrogens with one attached hydrogen (secondary N) is 1. The third-order valence-corrected chi connectivity index (χ3v) is 2.86. The molecule has 108 valence electrons. The van der Waals surface area contributed by atoms with Crippen molar-refractivity contribution in [2.45, 2.75) is 6.92 Å². The van der Waals surface area contributed by atoms with Gasteiger partial charge in [0, 0.05) is 11.9 Å². The van der Waals surface area contributed by atoms with Gasteiger partial charge in [-0.2, -0.15) is 0 Å². The summed E-state index contributed by atoms with van der Waals surface area (Å²) in [6.45, 7) is 1.59. The number of ether oxygens (including phenoxy) is 1. The topological polar surface area (TPSA) is 68.3 Å². The number of esters is 1. The number of pyridine rings is 1. The Morgan fingerprint density at radius 2 is 1.90 bits per heavy atom. The van der Waals surface area contributed by atoms with Crippen molar-refractivity contribution in [1.29, 1.82) is 0 Å². The van der Waals surface area contributed by atoms with Crippen LogP contribution in [-0.2, 0) is 9.53 Å². The van der Waals surface area contributed by atoms with Crippen LogP contribution in [-0.4, -0.2) is 23.5 Å². The number of nitrogens with zero attached hydrogens (tertiary/aromatic N) is 1. The van der Waals surface area contributed by atoms with Crippen molar-refractivity contribution in [2.75, 3.05) is 11.9 Å². The van der Waals surface area contributed by atoms with Crippen molar-refractivity contribution in [3.63, 3.8) is 0 Å². The highest BCUT2D eigenvalue weighted by Gasteiger charge is 2.10. The van der Waals surface area contributed by atoms with Gasteiger partial charge in [0.1, 0.15) is 5.15 Å². The lowest BCUT2D eigenvalue weighted by Gasteiger charge is -2.06. The number of halogens is 1.